The Morgan fingerprint density at radius 1 is 1.39 bits per heavy atom. The van der Waals surface area contributed by atoms with Crippen molar-refractivity contribution in [1.82, 2.24) is 4.90 Å². The van der Waals surface area contributed by atoms with Crippen molar-refractivity contribution >= 4 is 11.9 Å². The van der Waals surface area contributed by atoms with E-state index in [1.165, 1.54) is 5.57 Å². The Labute approximate surface area is 162 Å². The lowest BCUT2D eigenvalue weighted by atomic mass is 9.53. The Hall–Kier alpha value is -2.76. The molecule has 3 aliphatic carbocycles. The summed E-state index contributed by atoms with van der Waals surface area (Å²) in [6, 6.07) is 3.93. The van der Waals surface area contributed by atoms with Gasteiger partial charge in [-0.3, -0.25) is 4.79 Å². The summed E-state index contributed by atoms with van der Waals surface area (Å²) in [6.07, 6.45) is 7.26. The van der Waals surface area contributed by atoms with E-state index in [2.05, 4.69) is 12.1 Å². The molecular weight excluding hydrogens is 358 g/mol. The van der Waals surface area contributed by atoms with Crippen LogP contribution in [-0.4, -0.2) is 49.2 Å². The first-order chi connectivity index (χ1) is 13.6. The number of ether oxygens (including phenoxy) is 3. The number of rotatable bonds is 3. The Morgan fingerprint density at radius 3 is 3.04 bits per heavy atom. The van der Waals surface area contributed by atoms with Crippen LogP contribution in [0, 0.1) is 5.92 Å². The zero-order valence-corrected chi connectivity index (χ0v) is 15.6. The predicted molar refractivity (Wildman–Crippen MR) is 99.6 cm³/mol. The average molecular weight is 379 g/mol. The van der Waals surface area contributed by atoms with E-state index in [0.29, 0.717) is 31.1 Å². The molecule has 6 heteroatoms. The number of likely N-dealkylation sites (tertiary alicyclic amines) is 1. The van der Waals surface area contributed by atoms with E-state index in [-0.39, 0.29) is 23.8 Å². The van der Waals surface area contributed by atoms with Crippen LogP contribution in [0.1, 0.15) is 24.0 Å². The molecule has 6 nitrogen and oxygen atoms in total. The number of methoxy groups -OCH3 is 1. The van der Waals surface area contributed by atoms with Gasteiger partial charge in [-0.2, -0.15) is 0 Å². The number of carbonyl (C=O) groups excluding carboxylic acids is 2. The maximum Gasteiger partial charge on any atom is 0.410 e. The fourth-order valence-corrected chi connectivity index (χ4v) is 5.70. The lowest BCUT2D eigenvalue weighted by molar-refractivity contribution is -0.127. The van der Waals surface area contributed by atoms with E-state index in [0.717, 1.165) is 24.0 Å². The number of allylic oxidation sites excluding steroid dienone is 1. The third kappa shape index (κ3) is 1.93. The van der Waals surface area contributed by atoms with Gasteiger partial charge in [0.1, 0.15) is 6.61 Å². The summed E-state index contributed by atoms with van der Waals surface area (Å²) in [5.74, 6) is 1.42. The highest BCUT2D eigenvalue weighted by Crippen LogP contribution is 2.62. The molecule has 2 heterocycles. The maximum atomic E-state index is 12.8. The molecule has 2 aliphatic heterocycles. The topological polar surface area (TPSA) is 65.1 Å². The number of hydrogen-bond acceptors (Lipinski definition) is 5. The van der Waals surface area contributed by atoms with Gasteiger partial charge in [0.05, 0.1) is 12.5 Å². The standard InChI is InChI=1S/C22H21NO5/c1-26-17-7-4-13-10-15-14-5-6-16(24)20-22(14,18(13)19(17)28-20)8-9-23(15)21(25)27-11-12-2-3-12/h2,4-7,14-15,20H,3,8-11H2,1H3/t14?,15-,20+,22+/m1/s1. The number of piperidine rings is 1. The molecule has 0 saturated carbocycles. The summed E-state index contributed by atoms with van der Waals surface area (Å²) < 4.78 is 17.3. The first-order valence-corrected chi connectivity index (χ1v) is 9.84. The quantitative estimate of drug-likeness (QED) is 0.755. The van der Waals surface area contributed by atoms with Gasteiger partial charge < -0.3 is 19.1 Å². The Balaban J connectivity index is 1.45. The van der Waals surface area contributed by atoms with Crippen LogP contribution in [0.5, 0.6) is 11.5 Å². The summed E-state index contributed by atoms with van der Waals surface area (Å²) in [6.45, 7) is 0.950. The highest BCUT2D eigenvalue weighted by Gasteiger charge is 2.65. The van der Waals surface area contributed by atoms with Gasteiger partial charge in [0.15, 0.2) is 23.4 Å². The molecule has 1 spiro atoms. The van der Waals surface area contributed by atoms with E-state index in [4.69, 9.17) is 14.2 Å². The van der Waals surface area contributed by atoms with Crippen molar-refractivity contribution in [2.24, 2.45) is 5.92 Å². The number of benzene rings is 1. The molecule has 0 radical (unpaired) electrons. The van der Waals surface area contributed by atoms with E-state index in [1.54, 1.807) is 13.2 Å². The van der Waals surface area contributed by atoms with E-state index in [1.807, 2.05) is 17.0 Å². The summed E-state index contributed by atoms with van der Waals surface area (Å²) in [5, 5.41) is 0. The summed E-state index contributed by atoms with van der Waals surface area (Å²) >= 11 is 0. The van der Waals surface area contributed by atoms with Gasteiger partial charge in [-0.25, -0.2) is 4.79 Å². The SMILES string of the molecule is COc1ccc2c3c1O[C@H]1C(=O)C=CC4[C@@H](C2)N(C(=O)OCC2=CC2)CC[C@@]341. The first-order valence-electron chi connectivity index (χ1n) is 9.84. The Kier molecular flexibility index (Phi) is 3.13. The minimum absolute atomic E-state index is 0.00204. The zero-order chi connectivity index (χ0) is 19.0. The fraction of sp³-hybridized carbons (Fsp3) is 0.455. The lowest BCUT2D eigenvalue weighted by Crippen LogP contribution is -2.65. The predicted octanol–water partition coefficient (Wildman–Crippen LogP) is 2.55. The van der Waals surface area contributed by atoms with Crippen LogP contribution in [0.2, 0.25) is 0 Å². The summed E-state index contributed by atoms with van der Waals surface area (Å²) in [4.78, 5) is 27.4. The molecule has 1 aromatic carbocycles. The normalized spacial score (nSPS) is 33.0. The van der Waals surface area contributed by atoms with Crippen molar-refractivity contribution < 1.29 is 23.8 Å². The molecule has 1 aromatic rings. The molecule has 28 heavy (non-hydrogen) atoms. The number of amides is 1. The molecule has 144 valence electrons. The third-order valence-electron chi connectivity index (χ3n) is 7.04. The van der Waals surface area contributed by atoms with E-state index < -0.39 is 11.5 Å². The monoisotopic (exact) mass is 379 g/mol. The number of nitrogens with zero attached hydrogens (tertiary/aromatic N) is 1. The zero-order valence-electron chi connectivity index (χ0n) is 15.6. The maximum absolute atomic E-state index is 12.8. The average Bonchev–Trinajstić information content (AvgIpc) is 3.46. The molecule has 2 bridgehead atoms. The largest absolute Gasteiger partial charge is 0.493 e. The molecule has 1 amide bonds. The first kappa shape index (κ1) is 16.2. The molecule has 0 aromatic heterocycles. The van der Waals surface area contributed by atoms with E-state index >= 15 is 0 Å². The fourth-order valence-electron chi connectivity index (χ4n) is 5.70. The minimum Gasteiger partial charge on any atom is -0.493 e. The van der Waals surface area contributed by atoms with Crippen molar-refractivity contribution in [1.29, 1.82) is 0 Å². The van der Waals surface area contributed by atoms with Crippen LogP contribution in [0.15, 0.2) is 35.9 Å². The van der Waals surface area contributed by atoms with Crippen LogP contribution in [0.4, 0.5) is 4.79 Å². The highest BCUT2D eigenvalue weighted by atomic mass is 16.6. The van der Waals surface area contributed by atoms with Crippen molar-refractivity contribution in [3.63, 3.8) is 0 Å². The Morgan fingerprint density at radius 2 is 2.25 bits per heavy atom. The Bertz CT molecular complexity index is 979. The van der Waals surface area contributed by atoms with Gasteiger partial charge in [0, 0.05) is 24.1 Å². The number of carbonyl (C=O) groups is 2. The van der Waals surface area contributed by atoms with Crippen molar-refractivity contribution in [2.45, 2.75) is 36.8 Å². The number of hydrogen-bond donors (Lipinski definition) is 0. The van der Waals surface area contributed by atoms with Crippen molar-refractivity contribution in [3.8, 4) is 11.5 Å². The summed E-state index contributed by atoms with van der Waals surface area (Å²) in [5.41, 5.74) is 3.03. The second kappa shape index (κ2) is 5.40. The van der Waals surface area contributed by atoms with Crippen LogP contribution in [0.25, 0.3) is 0 Å². The van der Waals surface area contributed by atoms with Gasteiger partial charge in [-0.05, 0) is 42.5 Å². The molecule has 1 fully saturated rings. The van der Waals surface area contributed by atoms with Crippen molar-refractivity contribution in [2.75, 3.05) is 20.3 Å². The molecule has 0 N–H and O–H groups in total. The van der Waals surface area contributed by atoms with Gasteiger partial charge in [0.2, 0.25) is 0 Å². The van der Waals surface area contributed by atoms with Crippen molar-refractivity contribution in [3.05, 3.63) is 47.1 Å². The second-order valence-corrected chi connectivity index (χ2v) is 8.29. The van der Waals surface area contributed by atoms with Crippen LogP contribution in [-0.2, 0) is 21.4 Å². The third-order valence-corrected chi connectivity index (χ3v) is 7.04. The number of ketones is 1. The summed E-state index contributed by atoms with van der Waals surface area (Å²) in [7, 11) is 1.62. The van der Waals surface area contributed by atoms with Crippen LogP contribution >= 0.6 is 0 Å². The molecule has 1 saturated heterocycles. The molecule has 6 rings (SSSR count). The van der Waals surface area contributed by atoms with Gasteiger partial charge >= 0.3 is 6.09 Å². The minimum atomic E-state index is -0.537. The smallest absolute Gasteiger partial charge is 0.410 e. The molecule has 5 aliphatic rings. The van der Waals surface area contributed by atoms with Gasteiger partial charge in [-0.15, -0.1) is 0 Å². The van der Waals surface area contributed by atoms with Gasteiger partial charge in [-0.1, -0.05) is 18.2 Å². The highest BCUT2D eigenvalue weighted by molar-refractivity contribution is 5.98. The molecule has 1 unspecified atom stereocenters. The second-order valence-electron chi connectivity index (χ2n) is 8.29. The lowest BCUT2D eigenvalue weighted by Gasteiger charge is -2.55. The van der Waals surface area contributed by atoms with Crippen LogP contribution < -0.4 is 9.47 Å². The molecular formula is C22H21NO5. The molecule has 4 atom stereocenters. The van der Waals surface area contributed by atoms with Gasteiger partial charge in [0.25, 0.3) is 0 Å². The van der Waals surface area contributed by atoms with E-state index in [9.17, 15) is 9.59 Å². The van der Waals surface area contributed by atoms with Crippen LogP contribution in [0.3, 0.4) is 0 Å².